The van der Waals surface area contributed by atoms with Gasteiger partial charge in [0, 0.05) is 30.0 Å². The first-order chi connectivity index (χ1) is 14.6. The zero-order valence-electron chi connectivity index (χ0n) is 17.6. The Morgan fingerprint density at radius 2 is 1.90 bits per heavy atom. The molecular formula is C24H28N4OS. The molecule has 0 spiro atoms. The number of aromatic nitrogens is 3. The summed E-state index contributed by atoms with van der Waals surface area (Å²) >= 11 is 1.63. The Kier molecular flexibility index (Phi) is 6.53. The number of hydrogen-bond acceptors (Lipinski definition) is 4. The maximum atomic E-state index is 12.5. The van der Waals surface area contributed by atoms with Crippen LogP contribution in [0.3, 0.4) is 0 Å². The van der Waals surface area contributed by atoms with Crippen molar-refractivity contribution in [3.63, 3.8) is 0 Å². The van der Waals surface area contributed by atoms with Gasteiger partial charge in [-0.1, -0.05) is 48.4 Å². The van der Waals surface area contributed by atoms with Crippen molar-refractivity contribution in [3.8, 4) is 11.4 Å². The molecule has 30 heavy (non-hydrogen) atoms. The Morgan fingerprint density at radius 1 is 1.07 bits per heavy atom. The molecule has 6 heteroatoms. The van der Waals surface area contributed by atoms with Crippen LogP contribution in [0.1, 0.15) is 41.8 Å². The highest BCUT2D eigenvalue weighted by Crippen LogP contribution is 2.27. The van der Waals surface area contributed by atoms with Gasteiger partial charge in [-0.3, -0.25) is 4.79 Å². The highest BCUT2D eigenvalue weighted by atomic mass is 32.2. The number of amides is 1. The predicted octanol–water partition coefficient (Wildman–Crippen LogP) is 5.16. The van der Waals surface area contributed by atoms with Crippen molar-refractivity contribution in [2.45, 2.75) is 51.8 Å². The molecule has 3 aromatic rings. The number of nitrogens with one attached hydrogen (secondary N) is 1. The SMILES string of the molecule is Cc1ccc(CSCC(=O)Nc2cc(-c3nnc4n3CCCCC4)ccc2C)cc1. The molecule has 0 saturated heterocycles. The lowest BCUT2D eigenvalue weighted by Crippen LogP contribution is -2.15. The molecule has 0 saturated carbocycles. The highest BCUT2D eigenvalue weighted by molar-refractivity contribution is 7.99. The fourth-order valence-electron chi connectivity index (χ4n) is 3.73. The third kappa shape index (κ3) is 4.93. The number of fused-ring (bicyclic) bond motifs is 1. The average molecular weight is 421 g/mol. The Morgan fingerprint density at radius 3 is 2.73 bits per heavy atom. The Labute approximate surface area is 182 Å². The van der Waals surface area contributed by atoms with E-state index in [0.717, 1.165) is 53.6 Å². The van der Waals surface area contributed by atoms with E-state index >= 15 is 0 Å². The van der Waals surface area contributed by atoms with Crippen molar-refractivity contribution in [2.75, 3.05) is 11.1 Å². The molecule has 0 radical (unpaired) electrons. The number of carbonyl (C=O) groups excluding carboxylic acids is 1. The van der Waals surface area contributed by atoms with Crippen LogP contribution in [0.15, 0.2) is 42.5 Å². The van der Waals surface area contributed by atoms with Crippen molar-refractivity contribution < 1.29 is 4.79 Å². The summed E-state index contributed by atoms with van der Waals surface area (Å²) in [6.07, 6.45) is 4.55. The fraction of sp³-hybridized carbons (Fsp3) is 0.375. The summed E-state index contributed by atoms with van der Waals surface area (Å²) < 4.78 is 2.24. The molecule has 1 aliphatic heterocycles. The summed E-state index contributed by atoms with van der Waals surface area (Å²) in [4.78, 5) is 12.5. The van der Waals surface area contributed by atoms with Crippen LogP contribution in [0.2, 0.25) is 0 Å². The first-order valence-electron chi connectivity index (χ1n) is 10.6. The number of benzene rings is 2. The van der Waals surface area contributed by atoms with Gasteiger partial charge in [0.15, 0.2) is 5.82 Å². The maximum absolute atomic E-state index is 12.5. The molecule has 5 nitrogen and oxygen atoms in total. The third-order valence-corrected chi connectivity index (χ3v) is 6.51. The van der Waals surface area contributed by atoms with Crippen LogP contribution in [0.5, 0.6) is 0 Å². The van der Waals surface area contributed by atoms with Crippen molar-refractivity contribution in [2.24, 2.45) is 0 Å². The molecule has 0 fully saturated rings. The standard InChI is InChI=1S/C24H28N4OS/c1-17-7-10-19(11-8-17)15-30-16-23(29)25-21-14-20(12-9-18(21)2)24-27-26-22-6-4-3-5-13-28(22)24/h7-12,14H,3-6,13,15-16H2,1-2H3,(H,25,29). The average Bonchev–Trinajstić information content (AvgIpc) is 2.99. The van der Waals surface area contributed by atoms with Crippen molar-refractivity contribution >= 4 is 23.4 Å². The number of nitrogens with zero attached hydrogens (tertiary/aromatic N) is 3. The first-order valence-corrected chi connectivity index (χ1v) is 11.7. The fourth-order valence-corrected chi connectivity index (χ4v) is 4.51. The summed E-state index contributed by atoms with van der Waals surface area (Å²) in [6.45, 7) is 5.06. The lowest BCUT2D eigenvalue weighted by Gasteiger charge is -2.12. The molecule has 0 atom stereocenters. The summed E-state index contributed by atoms with van der Waals surface area (Å²) in [7, 11) is 0. The van der Waals surface area contributed by atoms with E-state index in [1.165, 1.54) is 24.0 Å². The quantitative estimate of drug-likeness (QED) is 0.598. The summed E-state index contributed by atoms with van der Waals surface area (Å²) in [5.74, 6) is 3.25. The second kappa shape index (κ2) is 9.47. The molecule has 2 heterocycles. The molecule has 4 rings (SSSR count). The van der Waals surface area contributed by atoms with E-state index < -0.39 is 0 Å². The van der Waals surface area contributed by atoms with Crippen LogP contribution in [-0.4, -0.2) is 26.4 Å². The monoisotopic (exact) mass is 420 g/mol. The van der Waals surface area contributed by atoms with Crippen molar-refractivity contribution in [1.29, 1.82) is 0 Å². The number of carbonyl (C=O) groups is 1. The van der Waals surface area contributed by atoms with Crippen molar-refractivity contribution in [1.82, 2.24) is 14.8 Å². The van der Waals surface area contributed by atoms with Gasteiger partial charge in [0.2, 0.25) is 5.91 Å². The number of aryl methyl sites for hydroxylation is 3. The minimum absolute atomic E-state index is 0.0208. The second-order valence-electron chi connectivity index (χ2n) is 7.96. The summed E-state index contributed by atoms with van der Waals surface area (Å²) in [5, 5.41) is 11.9. The highest BCUT2D eigenvalue weighted by Gasteiger charge is 2.17. The van der Waals surface area contributed by atoms with Crippen molar-refractivity contribution in [3.05, 3.63) is 65.0 Å². The van der Waals surface area contributed by atoms with E-state index in [9.17, 15) is 4.79 Å². The Balaban J connectivity index is 1.41. The second-order valence-corrected chi connectivity index (χ2v) is 8.94. The molecule has 1 aliphatic rings. The van der Waals surface area contributed by atoms with E-state index in [-0.39, 0.29) is 5.91 Å². The molecule has 0 bridgehead atoms. The van der Waals surface area contributed by atoms with E-state index in [0.29, 0.717) is 5.75 Å². The van der Waals surface area contributed by atoms with E-state index in [1.54, 1.807) is 11.8 Å². The topological polar surface area (TPSA) is 59.8 Å². The van der Waals surface area contributed by atoms with Gasteiger partial charge < -0.3 is 9.88 Å². The minimum Gasteiger partial charge on any atom is -0.325 e. The van der Waals surface area contributed by atoms with Crippen LogP contribution < -0.4 is 5.32 Å². The van der Waals surface area contributed by atoms with Crippen LogP contribution in [0.4, 0.5) is 5.69 Å². The molecule has 1 N–H and O–H groups in total. The largest absolute Gasteiger partial charge is 0.325 e. The molecular weight excluding hydrogens is 392 g/mol. The molecule has 1 amide bonds. The van der Waals surface area contributed by atoms with Gasteiger partial charge in [0.1, 0.15) is 5.82 Å². The maximum Gasteiger partial charge on any atom is 0.234 e. The third-order valence-electron chi connectivity index (χ3n) is 5.50. The zero-order chi connectivity index (χ0) is 20.9. The van der Waals surface area contributed by atoms with Gasteiger partial charge in [-0.25, -0.2) is 0 Å². The van der Waals surface area contributed by atoms with Crippen LogP contribution in [0, 0.1) is 13.8 Å². The predicted molar refractivity (Wildman–Crippen MR) is 124 cm³/mol. The number of hydrogen-bond donors (Lipinski definition) is 1. The smallest absolute Gasteiger partial charge is 0.234 e. The molecule has 2 aromatic carbocycles. The van der Waals surface area contributed by atoms with Crippen LogP contribution >= 0.6 is 11.8 Å². The van der Waals surface area contributed by atoms with Gasteiger partial charge in [0.25, 0.3) is 0 Å². The summed E-state index contributed by atoms with van der Waals surface area (Å²) in [6, 6.07) is 14.6. The van der Waals surface area contributed by atoms with Gasteiger partial charge in [0.05, 0.1) is 5.75 Å². The number of thioether (sulfide) groups is 1. The first kappa shape index (κ1) is 20.7. The zero-order valence-corrected chi connectivity index (χ0v) is 18.5. The van der Waals surface area contributed by atoms with E-state index in [1.807, 2.05) is 19.1 Å². The molecule has 1 aromatic heterocycles. The molecule has 0 aliphatic carbocycles. The van der Waals surface area contributed by atoms with E-state index in [2.05, 4.69) is 57.3 Å². The lowest BCUT2D eigenvalue weighted by atomic mass is 10.1. The number of anilines is 1. The summed E-state index contributed by atoms with van der Waals surface area (Å²) in [5.41, 5.74) is 5.39. The Bertz CT molecular complexity index is 1030. The number of rotatable bonds is 6. The van der Waals surface area contributed by atoms with Gasteiger partial charge in [-0.2, -0.15) is 0 Å². The van der Waals surface area contributed by atoms with Gasteiger partial charge in [-0.15, -0.1) is 22.0 Å². The van der Waals surface area contributed by atoms with E-state index in [4.69, 9.17) is 0 Å². The lowest BCUT2D eigenvalue weighted by molar-refractivity contribution is -0.113. The van der Waals surface area contributed by atoms with Gasteiger partial charge >= 0.3 is 0 Å². The Hall–Kier alpha value is -2.60. The molecule has 156 valence electrons. The van der Waals surface area contributed by atoms with Crippen LogP contribution in [-0.2, 0) is 23.5 Å². The molecule has 0 unspecified atom stereocenters. The minimum atomic E-state index is 0.0208. The van der Waals surface area contributed by atoms with Crippen LogP contribution in [0.25, 0.3) is 11.4 Å². The normalized spacial score (nSPS) is 13.5. The van der Waals surface area contributed by atoms with Gasteiger partial charge in [-0.05, 0) is 43.9 Å².